The summed E-state index contributed by atoms with van der Waals surface area (Å²) < 4.78 is 53.6. The van der Waals surface area contributed by atoms with Crippen molar-refractivity contribution in [3.05, 3.63) is 122 Å². The minimum atomic E-state index is -3.27. The lowest BCUT2D eigenvalue weighted by Crippen LogP contribution is -2.04. The van der Waals surface area contributed by atoms with Gasteiger partial charge in [-0.15, -0.1) is 47.3 Å². The summed E-state index contributed by atoms with van der Waals surface area (Å²) in [6.45, 7) is 3.23. The number of nitrogens with one attached hydrogen (secondary N) is 4. The zero-order valence-corrected chi connectivity index (χ0v) is 37.2. The van der Waals surface area contributed by atoms with Crippen LogP contribution in [0.4, 0.5) is 46.0 Å². The first-order valence-electron chi connectivity index (χ1n) is 16.9. The lowest BCUT2D eigenvalue weighted by Gasteiger charge is -2.10. The van der Waals surface area contributed by atoms with Gasteiger partial charge in [-0.2, -0.15) is 0 Å². The van der Waals surface area contributed by atoms with E-state index in [1.165, 1.54) is 12.7 Å². The number of phenols is 1. The van der Waals surface area contributed by atoms with Crippen LogP contribution in [0.2, 0.25) is 0 Å². The number of rotatable bonds is 13. The molecular weight excluding hydrogens is 967 g/mol. The van der Waals surface area contributed by atoms with Gasteiger partial charge in [-0.3, -0.25) is 0 Å². The number of methoxy groups -OCH3 is 1. The van der Waals surface area contributed by atoms with E-state index in [-0.39, 0.29) is 30.2 Å². The van der Waals surface area contributed by atoms with E-state index in [1.807, 2.05) is 24.3 Å². The second-order valence-corrected chi connectivity index (χ2v) is 22.5. The Balaban J connectivity index is 0.000000231. The molecule has 6 aromatic rings. The van der Waals surface area contributed by atoms with Crippen LogP contribution in [0.15, 0.2) is 132 Å². The third kappa shape index (κ3) is 14.9. The van der Waals surface area contributed by atoms with Crippen LogP contribution in [0.1, 0.15) is 13.8 Å². The minimum absolute atomic E-state index is 0.0436. The molecule has 0 spiro atoms. The summed E-state index contributed by atoms with van der Waals surface area (Å²) in [7, 11) is -4.93. The van der Waals surface area contributed by atoms with E-state index in [9.17, 15) is 21.9 Å². The maximum Gasteiger partial charge on any atom is 0.369 e. The van der Waals surface area contributed by atoms with E-state index >= 15 is 0 Å². The van der Waals surface area contributed by atoms with Gasteiger partial charge in [0.15, 0.2) is 19.7 Å². The summed E-state index contributed by atoms with van der Waals surface area (Å²) in [6.07, 6.45) is 2.82. The Labute approximate surface area is 357 Å². The molecule has 0 atom stereocenters. The number of anilines is 8. The summed E-state index contributed by atoms with van der Waals surface area (Å²) in [6, 6.07) is 30.8. The molecule has 0 radical (unpaired) electrons. The van der Waals surface area contributed by atoms with Crippen molar-refractivity contribution in [2.75, 3.05) is 39.9 Å². The maximum absolute atomic E-state index is 12.0. The molecule has 298 valence electrons. The van der Waals surface area contributed by atoms with E-state index in [4.69, 9.17) is 4.74 Å². The molecule has 5 N–H and O–H groups in total. The molecule has 14 nitrogen and oxygen atoms in total. The van der Waals surface area contributed by atoms with Crippen LogP contribution in [0, 0.1) is 0 Å². The molecule has 0 saturated carbocycles. The largest absolute Gasteiger partial charge is 0.508 e. The first kappa shape index (κ1) is 45.0. The molecule has 0 bridgehead atoms. The van der Waals surface area contributed by atoms with Gasteiger partial charge in [-0.1, -0.05) is 38.1 Å². The molecule has 0 aliphatic rings. The highest BCUT2D eigenvalue weighted by atomic mass is 79.9. The van der Waals surface area contributed by atoms with Crippen LogP contribution in [0.25, 0.3) is 0 Å². The number of ether oxygens (including phenoxy) is 1. The van der Waals surface area contributed by atoms with Crippen LogP contribution in [0.5, 0.6) is 11.5 Å². The molecule has 57 heavy (non-hydrogen) atoms. The van der Waals surface area contributed by atoms with E-state index < -0.39 is 19.7 Å². The van der Waals surface area contributed by atoms with Crippen molar-refractivity contribution in [1.82, 2.24) is 19.9 Å². The van der Waals surface area contributed by atoms with Gasteiger partial charge in [0.05, 0.1) is 28.4 Å². The van der Waals surface area contributed by atoms with Crippen LogP contribution in [-0.4, -0.2) is 63.7 Å². The molecule has 0 amide bonds. The number of sulfone groups is 2. The topological polar surface area (TPSA) is 197 Å². The Morgan fingerprint density at radius 3 is 1.28 bits per heavy atom. The van der Waals surface area contributed by atoms with Crippen molar-refractivity contribution in [2.45, 2.75) is 23.6 Å². The normalized spacial score (nSPS) is 10.8. The number of hydrogen-bond acceptors (Lipinski definition) is 14. The summed E-state index contributed by atoms with van der Waals surface area (Å²) in [5.41, 5.74) is 2.76. The number of aromatic nitrogens is 4. The predicted molar refractivity (Wildman–Crippen MR) is 239 cm³/mol. The molecule has 2 aromatic heterocycles. The van der Waals surface area contributed by atoms with E-state index in [2.05, 4.69) is 88.5 Å². The molecule has 0 unspecified atom stereocenters. The Kier molecular flexibility index (Phi) is 17.1. The van der Waals surface area contributed by atoms with Gasteiger partial charge in [0.25, 0.3) is 0 Å². The maximum atomic E-state index is 12.0. The second kappa shape index (κ2) is 21.7. The number of phenolic OH excluding ortho intramolecular Hbond substituents is 1. The Morgan fingerprint density at radius 1 is 0.561 bits per heavy atom. The van der Waals surface area contributed by atoms with Crippen LogP contribution in [0.3, 0.4) is 0 Å². The predicted octanol–water partition coefficient (Wildman–Crippen LogP) is 9.38. The SMILES string of the molecule is BrB(Br)Br.CCS(=O)(=O)c1cccc(Nc2cc(Nc3cccc(O)c3)ncn2)c1.CCS(=O)(=O)c1cccc(Nc2cc(Nc3cccc(OC)c3)ncn2)c1. The van der Waals surface area contributed by atoms with E-state index in [0.717, 1.165) is 11.4 Å². The number of aromatic hydroxyl groups is 1. The van der Waals surface area contributed by atoms with Gasteiger partial charge in [-0.25, -0.2) is 36.8 Å². The quantitative estimate of drug-likeness (QED) is 0.0686. The number of hydrogen-bond donors (Lipinski definition) is 5. The van der Waals surface area contributed by atoms with Gasteiger partial charge >= 0.3 is 3.18 Å². The monoisotopic (exact) mass is 1000 g/mol. The number of nitrogens with zero attached hydrogens (tertiary/aromatic N) is 4. The third-order valence-corrected chi connectivity index (χ3v) is 11.0. The Bertz CT molecular complexity index is 2470. The van der Waals surface area contributed by atoms with Gasteiger partial charge in [0.2, 0.25) is 0 Å². The van der Waals surface area contributed by atoms with Crippen molar-refractivity contribution in [3.63, 3.8) is 0 Å². The molecule has 20 heteroatoms. The van der Waals surface area contributed by atoms with Gasteiger partial charge in [0, 0.05) is 47.0 Å². The molecule has 0 fully saturated rings. The van der Waals surface area contributed by atoms with Gasteiger partial charge in [-0.05, 0) is 60.7 Å². The zero-order valence-electron chi connectivity index (χ0n) is 30.8. The van der Waals surface area contributed by atoms with Gasteiger partial charge < -0.3 is 31.1 Å². The van der Waals surface area contributed by atoms with Gasteiger partial charge in [0.1, 0.15) is 47.4 Å². The highest BCUT2D eigenvalue weighted by Gasteiger charge is 2.13. The van der Waals surface area contributed by atoms with E-state index in [0.29, 0.717) is 40.3 Å². The first-order chi connectivity index (χ1) is 27.2. The highest BCUT2D eigenvalue weighted by Crippen LogP contribution is 2.25. The third-order valence-electron chi connectivity index (χ3n) is 7.49. The fourth-order valence-corrected chi connectivity index (χ4v) is 6.58. The number of benzene rings is 4. The summed E-state index contributed by atoms with van der Waals surface area (Å²) in [5.74, 6) is 3.16. The van der Waals surface area contributed by atoms with Crippen molar-refractivity contribution < 1.29 is 26.7 Å². The van der Waals surface area contributed by atoms with Crippen LogP contribution < -0.4 is 26.0 Å². The summed E-state index contributed by atoms with van der Waals surface area (Å²) in [4.78, 5) is 17.2. The minimum Gasteiger partial charge on any atom is -0.508 e. The lowest BCUT2D eigenvalue weighted by molar-refractivity contribution is 0.415. The van der Waals surface area contributed by atoms with E-state index in [1.54, 1.807) is 106 Å². The molecule has 0 aliphatic carbocycles. The van der Waals surface area contributed by atoms with Crippen LogP contribution in [-0.2, 0) is 19.7 Å². The van der Waals surface area contributed by atoms with Crippen molar-refractivity contribution in [3.8, 4) is 11.5 Å². The smallest absolute Gasteiger partial charge is 0.369 e. The summed E-state index contributed by atoms with van der Waals surface area (Å²) in [5, 5.41) is 22.0. The standard InChI is InChI=1S/C19H20N4O3S.C18H18N4O3S.BBr3/c1-3-27(24,25)17-9-5-7-15(11-17)23-19-12-18(20-13-21-19)22-14-6-4-8-16(10-14)26-2;1-2-26(24,25)16-8-4-6-14(10-16)22-18-11-17(19-12-20-18)21-13-5-3-7-15(23)9-13;2-1(3)4/h4-13H,3H2,1-2H3,(H2,20,21,22,23);3-12,23H,2H2,1H3,(H2,19,20,21,22);. The highest BCUT2D eigenvalue weighted by molar-refractivity contribution is 9.69. The van der Waals surface area contributed by atoms with Crippen LogP contribution >= 0.6 is 47.3 Å². The molecule has 0 saturated heterocycles. The molecule has 0 aliphatic heterocycles. The molecule has 2 heterocycles. The molecule has 6 rings (SSSR count). The number of halogens is 3. The first-order valence-corrected chi connectivity index (χ1v) is 23.0. The average molecular weight is 1010 g/mol. The molecular formula is C37H38BBr3N8O6S2. The summed E-state index contributed by atoms with van der Waals surface area (Å²) >= 11 is 9.31. The average Bonchev–Trinajstić information content (AvgIpc) is 3.18. The zero-order chi connectivity index (χ0) is 41.4. The van der Waals surface area contributed by atoms with Crippen molar-refractivity contribution in [2.24, 2.45) is 0 Å². The Morgan fingerprint density at radius 2 is 0.912 bits per heavy atom. The van der Waals surface area contributed by atoms with Crippen molar-refractivity contribution in [1.29, 1.82) is 0 Å². The fraction of sp³-hybridized carbons (Fsp3) is 0.135. The second-order valence-electron chi connectivity index (χ2n) is 11.5. The Hall–Kier alpha value is -4.76. The fourth-order valence-electron chi connectivity index (χ4n) is 4.73. The lowest BCUT2D eigenvalue weighted by atomic mass is 10.3. The molecule has 4 aromatic carbocycles. The van der Waals surface area contributed by atoms with Crippen molar-refractivity contribution >= 4 is 116 Å².